The van der Waals surface area contributed by atoms with Gasteiger partial charge in [-0.25, -0.2) is 0 Å². The van der Waals surface area contributed by atoms with Gasteiger partial charge < -0.3 is 9.53 Å². The molecule has 18 heavy (non-hydrogen) atoms. The summed E-state index contributed by atoms with van der Waals surface area (Å²) in [5, 5.41) is 10.1. The smallest absolute Gasteiger partial charge is 0.192 e. The van der Waals surface area contributed by atoms with Gasteiger partial charge in [0.2, 0.25) is 0 Å². The van der Waals surface area contributed by atoms with E-state index in [1.807, 2.05) is 6.08 Å². The maximum atomic E-state index is 9.85. The third-order valence-electron chi connectivity index (χ3n) is 3.75. The van der Waals surface area contributed by atoms with Crippen molar-refractivity contribution in [3.8, 4) is 0 Å². The van der Waals surface area contributed by atoms with Crippen LogP contribution in [0, 0.1) is 0 Å². The first-order valence-electron chi connectivity index (χ1n) is 7.19. The molecule has 0 aromatic heterocycles. The summed E-state index contributed by atoms with van der Waals surface area (Å²) in [7, 11) is -1.72. The average Bonchev–Trinajstić information content (AvgIpc) is 2.24. The van der Waals surface area contributed by atoms with E-state index in [2.05, 4.69) is 46.9 Å². The SMILES string of the molecule is CCCCC/C=C/C(O)CO[Si](C)(C)C(C)(C)C. The number of hydrogen-bond donors (Lipinski definition) is 1. The molecule has 0 rings (SSSR count). The molecule has 108 valence electrons. The van der Waals surface area contributed by atoms with Gasteiger partial charge in [0, 0.05) is 0 Å². The van der Waals surface area contributed by atoms with Crippen LogP contribution in [0.15, 0.2) is 12.2 Å². The van der Waals surface area contributed by atoms with E-state index < -0.39 is 14.4 Å². The summed E-state index contributed by atoms with van der Waals surface area (Å²) in [6.45, 7) is 13.7. The first-order chi connectivity index (χ1) is 8.20. The van der Waals surface area contributed by atoms with Crippen LogP contribution in [0.25, 0.3) is 0 Å². The lowest BCUT2D eigenvalue weighted by Gasteiger charge is -2.36. The van der Waals surface area contributed by atoms with Crippen molar-refractivity contribution in [3.05, 3.63) is 12.2 Å². The molecule has 0 amide bonds. The maximum Gasteiger partial charge on any atom is 0.192 e. The molecule has 0 aromatic carbocycles. The van der Waals surface area contributed by atoms with Crippen LogP contribution in [-0.4, -0.2) is 26.1 Å². The normalized spacial score (nSPS) is 15.3. The molecule has 1 unspecified atom stereocenters. The lowest BCUT2D eigenvalue weighted by Crippen LogP contribution is -2.42. The summed E-state index contributed by atoms with van der Waals surface area (Å²) in [6, 6.07) is 0. The van der Waals surface area contributed by atoms with Crippen LogP contribution in [-0.2, 0) is 4.43 Å². The zero-order valence-corrected chi connectivity index (χ0v) is 14.1. The van der Waals surface area contributed by atoms with Crippen molar-refractivity contribution >= 4 is 8.32 Å². The fraction of sp³-hybridized carbons (Fsp3) is 0.867. The van der Waals surface area contributed by atoms with Crippen molar-refractivity contribution in [2.24, 2.45) is 0 Å². The summed E-state index contributed by atoms with van der Waals surface area (Å²) in [6.07, 6.45) is 8.28. The van der Waals surface area contributed by atoms with Crippen LogP contribution in [0.3, 0.4) is 0 Å². The molecule has 2 nitrogen and oxygen atoms in total. The molecule has 0 spiro atoms. The first-order valence-corrected chi connectivity index (χ1v) is 10.1. The minimum atomic E-state index is -1.72. The van der Waals surface area contributed by atoms with E-state index in [0.29, 0.717) is 6.61 Å². The van der Waals surface area contributed by atoms with E-state index in [0.717, 1.165) is 6.42 Å². The summed E-state index contributed by atoms with van der Waals surface area (Å²) in [4.78, 5) is 0. The standard InChI is InChI=1S/C15H32O2Si/c1-7-8-9-10-11-12-14(16)13-17-18(5,6)15(2,3)4/h11-12,14,16H,7-10,13H2,1-6H3/b12-11+. The van der Waals surface area contributed by atoms with E-state index in [1.165, 1.54) is 19.3 Å². The Morgan fingerprint density at radius 2 is 1.83 bits per heavy atom. The highest BCUT2D eigenvalue weighted by molar-refractivity contribution is 6.74. The second kappa shape index (κ2) is 8.13. The Bertz CT molecular complexity index is 241. The maximum absolute atomic E-state index is 9.85. The quantitative estimate of drug-likeness (QED) is 0.400. The van der Waals surface area contributed by atoms with Gasteiger partial charge in [-0.3, -0.25) is 0 Å². The molecule has 0 bridgehead atoms. The van der Waals surface area contributed by atoms with Gasteiger partial charge in [-0.2, -0.15) is 0 Å². The Balaban J connectivity index is 3.93. The molecule has 1 atom stereocenters. The molecule has 3 heteroatoms. The average molecular weight is 273 g/mol. The summed E-state index contributed by atoms with van der Waals surface area (Å²) >= 11 is 0. The molecule has 0 fully saturated rings. The molecular formula is C15H32O2Si. The van der Waals surface area contributed by atoms with Gasteiger partial charge in [-0.1, -0.05) is 52.7 Å². The Hall–Kier alpha value is -0.123. The van der Waals surface area contributed by atoms with E-state index in [4.69, 9.17) is 4.43 Å². The van der Waals surface area contributed by atoms with Gasteiger partial charge in [0.1, 0.15) is 0 Å². The Morgan fingerprint density at radius 3 is 2.33 bits per heavy atom. The molecule has 0 saturated carbocycles. The van der Waals surface area contributed by atoms with Crippen LogP contribution in [0.2, 0.25) is 18.1 Å². The summed E-state index contributed by atoms with van der Waals surface area (Å²) < 4.78 is 5.97. The molecule has 0 radical (unpaired) electrons. The van der Waals surface area contributed by atoms with E-state index in [9.17, 15) is 5.11 Å². The van der Waals surface area contributed by atoms with Crippen LogP contribution in [0.1, 0.15) is 53.4 Å². The number of aliphatic hydroxyl groups excluding tert-OH is 1. The van der Waals surface area contributed by atoms with Gasteiger partial charge in [-0.15, -0.1) is 0 Å². The Kier molecular flexibility index (Phi) is 8.07. The fourth-order valence-corrected chi connectivity index (χ4v) is 2.35. The Labute approximate surface area is 115 Å². The topological polar surface area (TPSA) is 29.5 Å². The van der Waals surface area contributed by atoms with Crippen molar-refractivity contribution < 1.29 is 9.53 Å². The van der Waals surface area contributed by atoms with Crippen LogP contribution in [0.5, 0.6) is 0 Å². The van der Waals surface area contributed by atoms with Crippen molar-refractivity contribution in [1.82, 2.24) is 0 Å². The number of rotatable bonds is 8. The minimum absolute atomic E-state index is 0.206. The molecule has 0 aliphatic carbocycles. The highest BCUT2D eigenvalue weighted by atomic mass is 28.4. The van der Waals surface area contributed by atoms with Gasteiger partial charge in [0.15, 0.2) is 8.32 Å². The predicted molar refractivity (Wildman–Crippen MR) is 82.4 cm³/mol. The second-order valence-corrected chi connectivity index (χ2v) is 11.4. The monoisotopic (exact) mass is 272 g/mol. The van der Waals surface area contributed by atoms with Crippen LogP contribution < -0.4 is 0 Å². The number of unbranched alkanes of at least 4 members (excludes halogenated alkanes) is 3. The molecule has 0 saturated heterocycles. The minimum Gasteiger partial charge on any atom is -0.414 e. The number of hydrogen-bond acceptors (Lipinski definition) is 2. The first kappa shape index (κ1) is 17.9. The van der Waals surface area contributed by atoms with Gasteiger partial charge in [-0.05, 0) is 31.0 Å². The zero-order valence-electron chi connectivity index (χ0n) is 13.1. The van der Waals surface area contributed by atoms with Crippen molar-refractivity contribution in [2.45, 2.75) is 77.6 Å². The third kappa shape index (κ3) is 7.34. The number of aliphatic hydroxyl groups is 1. The van der Waals surface area contributed by atoms with Gasteiger partial charge in [0.05, 0.1) is 12.7 Å². The lowest BCUT2D eigenvalue weighted by molar-refractivity contribution is 0.135. The van der Waals surface area contributed by atoms with E-state index in [1.54, 1.807) is 0 Å². The summed E-state index contributed by atoms with van der Waals surface area (Å²) in [5.74, 6) is 0. The third-order valence-corrected chi connectivity index (χ3v) is 8.25. The predicted octanol–water partition coefficient (Wildman–Crippen LogP) is 4.51. The fourth-order valence-electron chi connectivity index (χ4n) is 1.33. The van der Waals surface area contributed by atoms with Gasteiger partial charge >= 0.3 is 0 Å². The lowest BCUT2D eigenvalue weighted by atomic mass is 10.2. The largest absolute Gasteiger partial charge is 0.414 e. The molecule has 0 aromatic rings. The van der Waals surface area contributed by atoms with Crippen LogP contribution >= 0.6 is 0 Å². The van der Waals surface area contributed by atoms with E-state index in [-0.39, 0.29) is 5.04 Å². The van der Waals surface area contributed by atoms with Crippen molar-refractivity contribution in [3.63, 3.8) is 0 Å². The molecule has 0 heterocycles. The molecule has 0 aliphatic rings. The van der Waals surface area contributed by atoms with Crippen molar-refractivity contribution in [1.29, 1.82) is 0 Å². The number of allylic oxidation sites excluding steroid dienone is 1. The highest BCUT2D eigenvalue weighted by Gasteiger charge is 2.37. The molecule has 1 N–H and O–H groups in total. The molecule has 0 aliphatic heterocycles. The van der Waals surface area contributed by atoms with Crippen molar-refractivity contribution in [2.75, 3.05) is 6.61 Å². The second-order valence-electron chi connectivity index (χ2n) is 6.56. The summed E-state index contributed by atoms with van der Waals surface area (Å²) in [5.41, 5.74) is 0. The van der Waals surface area contributed by atoms with E-state index >= 15 is 0 Å². The Morgan fingerprint density at radius 1 is 1.22 bits per heavy atom. The highest BCUT2D eigenvalue weighted by Crippen LogP contribution is 2.36. The zero-order chi connectivity index (χ0) is 14.2. The van der Waals surface area contributed by atoms with Gasteiger partial charge in [0.25, 0.3) is 0 Å². The molecular weight excluding hydrogens is 240 g/mol. The van der Waals surface area contributed by atoms with Crippen LogP contribution in [0.4, 0.5) is 0 Å².